The molecule has 29 heavy (non-hydrogen) atoms. The van der Waals surface area contributed by atoms with E-state index in [4.69, 9.17) is 4.74 Å². The summed E-state index contributed by atoms with van der Waals surface area (Å²) in [6.45, 7) is 4.85. The third-order valence-electron chi connectivity index (χ3n) is 5.50. The average molecular weight is 406 g/mol. The molecule has 0 saturated carbocycles. The van der Waals surface area contributed by atoms with Gasteiger partial charge < -0.3 is 15.2 Å². The minimum Gasteiger partial charge on any atom is -0.389 e. The second kappa shape index (κ2) is 20.4. The first-order valence-electron chi connectivity index (χ1n) is 12.3. The summed E-state index contributed by atoms with van der Waals surface area (Å²) >= 11 is 0. The summed E-state index contributed by atoms with van der Waals surface area (Å²) in [6, 6.07) is 10.3. The zero-order chi connectivity index (χ0) is 20.8. The van der Waals surface area contributed by atoms with Gasteiger partial charge in [-0.25, -0.2) is 0 Å². The highest BCUT2D eigenvalue weighted by atomic mass is 16.5. The molecule has 0 aromatic heterocycles. The molecule has 0 aliphatic rings. The van der Waals surface area contributed by atoms with Crippen molar-refractivity contribution in [1.29, 1.82) is 0 Å². The van der Waals surface area contributed by atoms with E-state index in [0.717, 1.165) is 19.6 Å². The first-order chi connectivity index (χ1) is 14.3. The lowest BCUT2D eigenvalue weighted by Gasteiger charge is -2.12. The Morgan fingerprint density at radius 3 is 1.83 bits per heavy atom. The van der Waals surface area contributed by atoms with Crippen LogP contribution in [-0.2, 0) is 11.3 Å². The normalized spacial score (nSPS) is 12.3. The second-order valence-corrected chi connectivity index (χ2v) is 8.44. The highest BCUT2D eigenvalue weighted by molar-refractivity contribution is 5.14. The minimum atomic E-state index is -0.426. The number of aliphatic hydroxyl groups is 1. The Morgan fingerprint density at radius 1 is 0.759 bits per heavy atom. The first kappa shape index (κ1) is 26.1. The Labute approximate surface area is 180 Å². The summed E-state index contributed by atoms with van der Waals surface area (Å²) in [4.78, 5) is 0. The van der Waals surface area contributed by atoms with Crippen LogP contribution in [0.3, 0.4) is 0 Å². The van der Waals surface area contributed by atoms with Crippen LogP contribution in [0.15, 0.2) is 30.3 Å². The molecule has 1 aromatic rings. The molecular formula is C26H47NO2. The number of nitrogens with one attached hydrogen (secondary N) is 1. The van der Waals surface area contributed by atoms with Gasteiger partial charge in [-0.2, -0.15) is 0 Å². The van der Waals surface area contributed by atoms with Crippen molar-refractivity contribution in [2.24, 2.45) is 0 Å². The third-order valence-corrected chi connectivity index (χ3v) is 5.50. The van der Waals surface area contributed by atoms with Crippen molar-refractivity contribution < 1.29 is 9.84 Å². The minimum absolute atomic E-state index is 0.426. The molecule has 0 saturated heterocycles. The van der Waals surface area contributed by atoms with Gasteiger partial charge in [0.15, 0.2) is 0 Å². The molecule has 1 aromatic carbocycles. The van der Waals surface area contributed by atoms with Gasteiger partial charge in [0.1, 0.15) is 0 Å². The van der Waals surface area contributed by atoms with Crippen molar-refractivity contribution >= 4 is 0 Å². The van der Waals surface area contributed by atoms with Crippen LogP contribution in [0.1, 0.15) is 102 Å². The standard InChI is InChI=1S/C26H47NO2/c1-2-3-4-5-6-7-8-9-10-11-12-13-14-18-21-29-24-26(28)23-27-22-25-19-16-15-17-20-25/h15-17,19-20,26-28H,2-14,18,21-24H2,1H3. The molecule has 3 nitrogen and oxygen atoms in total. The summed E-state index contributed by atoms with van der Waals surface area (Å²) in [5.41, 5.74) is 1.24. The van der Waals surface area contributed by atoms with E-state index in [1.807, 2.05) is 18.2 Å². The molecule has 0 spiro atoms. The van der Waals surface area contributed by atoms with Crippen molar-refractivity contribution in [2.75, 3.05) is 19.8 Å². The molecule has 0 aliphatic heterocycles. The van der Waals surface area contributed by atoms with Gasteiger partial charge in [0.2, 0.25) is 0 Å². The van der Waals surface area contributed by atoms with E-state index in [1.165, 1.54) is 89.0 Å². The lowest BCUT2D eigenvalue weighted by molar-refractivity contribution is 0.0353. The fourth-order valence-corrected chi connectivity index (χ4v) is 3.66. The second-order valence-electron chi connectivity index (χ2n) is 8.44. The van der Waals surface area contributed by atoms with Crippen LogP contribution in [0.4, 0.5) is 0 Å². The molecule has 0 heterocycles. The molecule has 0 aliphatic carbocycles. The van der Waals surface area contributed by atoms with Crippen molar-refractivity contribution in [2.45, 2.75) is 109 Å². The Morgan fingerprint density at radius 2 is 1.28 bits per heavy atom. The van der Waals surface area contributed by atoms with E-state index in [1.54, 1.807) is 0 Å². The van der Waals surface area contributed by atoms with Crippen molar-refractivity contribution in [3.8, 4) is 0 Å². The molecule has 2 N–H and O–H groups in total. The van der Waals surface area contributed by atoms with E-state index in [0.29, 0.717) is 13.2 Å². The van der Waals surface area contributed by atoms with Gasteiger partial charge in [-0.3, -0.25) is 0 Å². The quantitative estimate of drug-likeness (QED) is 0.225. The molecule has 0 amide bonds. The maximum absolute atomic E-state index is 9.95. The van der Waals surface area contributed by atoms with Gasteiger partial charge in [0, 0.05) is 19.7 Å². The maximum Gasteiger partial charge on any atom is 0.0897 e. The molecule has 0 fully saturated rings. The van der Waals surface area contributed by atoms with Crippen LogP contribution in [-0.4, -0.2) is 31.0 Å². The Bertz CT molecular complexity index is 438. The zero-order valence-electron chi connectivity index (χ0n) is 19.0. The van der Waals surface area contributed by atoms with Crippen LogP contribution in [0.5, 0.6) is 0 Å². The fraction of sp³-hybridized carbons (Fsp3) is 0.769. The first-order valence-corrected chi connectivity index (χ1v) is 12.3. The van der Waals surface area contributed by atoms with Gasteiger partial charge in [-0.05, 0) is 12.0 Å². The van der Waals surface area contributed by atoms with Crippen LogP contribution in [0.25, 0.3) is 0 Å². The third kappa shape index (κ3) is 17.7. The van der Waals surface area contributed by atoms with Gasteiger partial charge >= 0.3 is 0 Å². The number of benzene rings is 1. The number of aliphatic hydroxyl groups excluding tert-OH is 1. The van der Waals surface area contributed by atoms with E-state index in [2.05, 4.69) is 24.4 Å². The van der Waals surface area contributed by atoms with Gasteiger partial charge in [-0.1, -0.05) is 121 Å². The predicted molar refractivity (Wildman–Crippen MR) is 125 cm³/mol. The van der Waals surface area contributed by atoms with E-state index < -0.39 is 6.10 Å². The van der Waals surface area contributed by atoms with Crippen LogP contribution in [0.2, 0.25) is 0 Å². The Kier molecular flexibility index (Phi) is 18.4. The largest absolute Gasteiger partial charge is 0.389 e. The molecule has 0 bridgehead atoms. The molecule has 1 unspecified atom stereocenters. The van der Waals surface area contributed by atoms with Gasteiger partial charge in [-0.15, -0.1) is 0 Å². The van der Waals surface area contributed by atoms with E-state index in [-0.39, 0.29) is 0 Å². The predicted octanol–water partition coefficient (Wildman–Crippen LogP) is 6.64. The number of ether oxygens (including phenoxy) is 1. The number of hydrogen-bond acceptors (Lipinski definition) is 3. The topological polar surface area (TPSA) is 41.5 Å². The Balaban J connectivity index is 1.74. The smallest absolute Gasteiger partial charge is 0.0897 e. The van der Waals surface area contributed by atoms with Crippen molar-refractivity contribution in [1.82, 2.24) is 5.32 Å². The average Bonchev–Trinajstić information content (AvgIpc) is 2.74. The van der Waals surface area contributed by atoms with Crippen molar-refractivity contribution in [3.63, 3.8) is 0 Å². The van der Waals surface area contributed by atoms with Crippen molar-refractivity contribution in [3.05, 3.63) is 35.9 Å². The molecule has 1 atom stereocenters. The molecule has 3 heteroatoms. The summed E-state index contributed by atoms with van der Waals surface area (Å²) in [5.74, 6) is 0. The number of hydrogen-bond donors (Lipinski definition) is 2. The van der Waals surface area contributed by atoms with Gasteiger partial charge in [0.05, 0.1) is 12.7 Å². The van der Waals surface area contributed by atoms with E-state index in [9.17, 15) is 5.11 Å². The van der Waals surface area contributed by atoms with Crippen LogP contribution >= 0.6 is 0 Å². The van der Waals surface area contributed by atoms with Crippen LogP contribution < -0.4 is 5.32 Å². The lowest BCUT2D eigenvalue weighted by Crippen LogP contribution is -2.30. The Hall–Kier alpha value is -0.900. The fourth-order valence-electron chi connectivity index (χ4n) is 3.66. The highest BCUT2D eigenvalue weighted by Crippen LogP contribution is 2.13. The zero-order valence-corrected chi connectivity index (χ0v) is 19.0. The summed E-state index contributed by atoms with van der Waals surface area (Å²) < 4.78 is 5.62. The monoisotopic (exact) mass is 405 g/mol. The molecular weight excluding hydrogens is 358 g/mol. The summed E-state index contributed by atoms with van der Waals surface area (Å²) in [7, 11) is 0. The lowest BCUT2D eigenvalue weighted by atomic mass is 10.0. The number of rotatable bonds is 21. The van der Waals surface area contributed by atoms with E-state index >= 15 is 0 Å². The van der Waals surface area contributed by atoms with Gasteiger partial charge in [0.25, 0.3) is 0 Å². The highest BCUT2D eigenvalue weighted by Gasteiger charge is 2.03. The maximum atomic E-state index is 9.95. The molecule has 1 rings (SSSR count). The van der Waals surface area contributed by atoms with Crippen LogP contribution in [0, 0.1) is 0 Å². The summed E-state index contributed by atoms with van der Waals surface area (Å²) in [5, 5.41) is 13.2. The molecule has 168 valence electrons. The summed E-state index contributed by atoms with van der Waals surface area (Å²) in [6.07, 6.45) is 18.8. The molecule has 0 radical (unpaired) electrons. The SMILES string of the molecule is CCCCCCCCCCCCCCCCOCC(O)CNCc1ccccc1. The number of unbranched alkanes of at least 4 members (excludes halogenated alkanes) is 13.